The molecule has 2 rings (SSSR count). The molecule has 0 unspecified atom stereocenters. The fourth-order valence-corrected chi connectivity index (χ4v) is 2.43. The van der Waals surface area contributed by atoms with E-state index in [1.165, 1.54) is 0 Å². The summed E-state index contributed by atoms with van der Waals surface area (Å²) in [5.74, 6) is 0.0812. The van der Waals surface area contributed by atoms with Crippen molar-refractivity contribution in [2.75, 3.05) is 17.2 Å². The monoisotopic (exact) mass is 309 g/mol. The zero-order valence-corrected chi connectivity index (χ0v) is 13.7. The molecule has 1 aromatic heterocycles. The Balaban J connectivity index is 2.04. The van der Waals surface area contributed by atoms with E-state index in [2.05, 4.69) is 20.6 Å². The van der Waals surface area contributed by atoms with Crippen LogP contribution in [0.15, 0.2) is 18.2 Å². The van der Waals surface area contributed by atoms with Crippen LogP contribution in [0.2, 0.25) is 0 Å². The SMILES string of the molecule is Cc1cc(C)c(NC(=O)CNc2nc(C)cc(C#N)n2)c(C)c1. The molecule has 0 saturated heterocycles. The highest BCUT2D eigenvalue weighted by atomic mass is 16.1. The van der Waals surface area contributed by atoms with Gasteiger partial charge in [0.1, 0.15) is 11.8 Å². The van der Waals surface area contributed by atoms with E-state index in [4.69, 9.17) is 5.26 Å². The van der Waals surface area contributed by atoms with E-state index in [9.17, 15) is 4.79 Å². The van der Waals surface area contributed by atoms with Crippen LogP contribution in [0, 0.1) is 39.0 Å². The Labute approximate surface area is 135 Å². The van der Waals surface area contributed by atoms with Gasteiger partial charge in [0.2, 0.25) is 11.9 Å². The lowest BCUT2D eigenvalue weighted by Gasteiger charge is -2.13. The number of hydrogen-bond donors (Lipinski definition) is 2. The Kier molecular flexibility index (Phi) is 4.91. The van der Waals surface area contributed by atoms with Crippen molar-refractivity contribution in [3.63, 3.8) is 0 Å². The van der Waals surface area contributed by atoms with Crippen molar-refractivity contribution in [1.29, 1.82) is 5.26 Å². The maximum absolute atomic E-state index is 12.1. The number of rotatable bonds is 4. The van der Waals surface area contributed by atoms with Crippen LogP contribution in [-0.2, 0) is 4.79 Å². The third kappa shape index (κ3) is 4.27. The number of hydrogen-bond acceptors (Lipinski definition) is 5. The minimum atomic E-state index is -0.191. The molecule has 6 heteroatoms. The summed E-state index contributed by atoms with van der Waals surface area (Å²) in [6, 6.07) is 7.61. The van der Waals surface area contributed by atoms with E-state index >= 15 is 0 Å². The standard InChI is InChI=1S/C17H19N5O/c1-10-5-11(2)16(12(3)6-10)22-15(23)9-19-17-20-13(4)7-14(8-18)21-17/h5-7H,9H2,1-4H3,(H,22,23)(H,19,20,21). The van der Waals surface area contributed by atoms with Gasteiger partial charge in [-0.3, -0.25) is 4.79 Å². The molecule has 0 aliphatic carbocycles. The molecule has 0 bridgehead atoms. The summed E-state index contributed by atoms with van der Waals surface area (Å²) < 4.78 is 0. The highest BCUT2D eigenvalue weighted by molar-refractivity contribution is 5.95. The van der Waals surface area contributed by atoms with Crippen LogP contribution in [0.25, 0.3) is 0 Å². The lowest BCUT2D eigenvalue weighted by atomic mass is 10.1. The fourth-order valence-electron chi connectivity index (χ4n) is 2.43. The second-order valence-corrected chi connectivity index (χ2v) is 5.51. The van der Waals surface area contributed by atoms with Crippen molar-refractivity contribution in [1.82, 2.24) is 9.97 Å². The lowest BCUT2D eigenvalue weighted by molar-refractivity contribution is -0.114. The number of aromatic nitrogens is 2. The second kappa shape index (κ2) is 6.88. The summed E-state index contributed by atoms with van der Waals surface area (Å²) in [6.07, 6.45) is 0. The molecule has 0 fully saturated rings. The number of nitrogens with zero attached hydrogens (tertiary/aromatic N) is 3. The summed E-state index contributed by atoms with van der Waals surface area (Å²) in [5.41, 5.74) is 4.97. The molecule has 2 aromatic rings. The normalized spacial score (nSPS) is 10.0. The molecule has 1 heterocycles. The highest BCUT2D eigenvalue weighted by Gasteiger charge is 2.09. The Hall–Kier alpha value is -2.94. The van der Waals surface area contributed by atoms with E-state index in [-0.39, 0.29) is 24.1 Å². The number of carbonyl (C=O) groups excluding carboxylic acids is 1. The first-order valence-corrected chi connectivity index (χ1v) is 7.26. The molecule has 0 aliphatic rings. The number of nitrogens with one attached hydrogen (secondary N) is 2. The minimum absolute atomic E-state index is 0.0288. The van der Waals surface area contributed by atoms with Crippen LogP contribution in [-0.4, -0.2) is 22.4 Å². The topological polar surface area (TPSA) is 90.7 Å². The van der Waals surface area contributed by atoms with E-state index in [0.717, 1.165) is 22.4 Å². The Morgan fingerprint density at radius 2 is 1.78 bits per heavy atom. The van der Waals surface area contributed by atoms with Gasteiger partial charge in [0, 0.05) is 11.4 Å². The molecule has 0 aliphatic heterocycles. The highest BCUT2D eigenvalue weighted by Crippen LogP contribution is 2.21. The van der Waals surface area contributed by atoms with Gasteiger partial charge in [0.05, 0.1) is 6.54 Å². The van der Waals surface area contributed by atoms with Crippen molar-refractivity contribution in [3.8, 4) is 6.07 Å². The van der Waals surface area contributed by atoms with Crippen LogP contribution in [0.1, 0.15) is 28.1 Å². The van der Waals surface area contributed by atoms with Gasteiger partial charge in [-0.2, -0.15) is 5.26 Å². The van der Waals surface area contributed by atoms with Gasteiger partial charge in [0.15, 0.2) is 0 Å². The number of nitriles is 1. The predicted molar refractivity (Wildman–Crippen MR) is 89.3 cm³/mol. The van der Waals surface area contributed by atoms with Gasteiger partial charge in [-0.15, -0.1) is 0 Å². The van der Waals surface area contributed by atoms with Crippen LogP contribution in [0.4, 0.5) is 11.6 Å². The van der Waals surface area contributed by atoms with Gasteiger partial charge >= 0.3 is 0 Å². The van der Waals surface area contributed by atoms with E-state index in [1.54, 1.807) is 13.0 Å². The van der Waals surface area contributed by atoms with E-state index in [1.807, 2.05) is 39.0 Å². The molecule has 23 heavy (non-hydrogen) atoms. The average Bonchev–Trinajstić information content (AvgIpc) is 2.48. The fraction of sp³-hybridized carbons (Fsp3) is 0.294. The molecule has 1 amide bonds. The van der Waals surface area contributed by atoms with Gasteiger partial charge < -0.3 is 10.6 Å². The van der Waals surface area contributed by atoms with E-state index in [0.29, 0.717) is 5.69 Å². The first-order chi connectivity index (χ1) is 10.9. The molecule has 0 radical (unpaired) electrons. The summed E-state index contributed by atoms with van der Waals surface area (Å²) in [6.45, 7) is 7.75. The molecule has 6 nitrogen and oxygen atoms in total. The Morgan fingerprint density at radius 1 is 1.13 bits per heavy atom. The van der Waals surface area contributed by atoms with Crippen LogP contribution >= 0.6 is 0 Å². The molecular weight excluding hydrogens is 290 g/mol. The van der Waals surface area contributed by atoms with Crippen molar-refractivity contribution >= 4 is 17.5 Å². The third-order valence-corrected chi connectivity index (χ3v) is 3.32. The number of benzene rings is 1. The van der Waals surface area contributed by atoms with Gasteiger partial charge in [-0.05, 0) is 44.9 Å². The lowest BCUT2D eigenvalue weighted by Crippen LogP contribution is -2.23. The minimum Gasteiger partial charge on any atom is -0.345 e. The van der Waals surface area contributed by atoms with Crippen molar-refractivity contribution in [2.24, 2.45) is 0 Å². The molecule has 0 saturated carbocycles. The van der Waals surface area contributed by atoms with Gasteiger partial charge in [-0.25, -0.2) is 9.97 Å². The van der Waals surface area contributed by atoms with Crippen LogP contribution in [0.5, 0.6) is 0 Å². The molecule has 0 atom stereocenters. The van der Waals surface area contributed by atoms with Crippen LogP contribution < -0.4 is 10.6 Å². The first kappa shape index (κ1) is 16.4. The van der Waals surface area contributed by atoms with Gasteiger partial charge in [-0.1, -0.05) is 17.7 Å². The number of amides is 1. The molecule has 0 spiro atoms. The predicted octanol–water partition coefficient (Wildman–Crippen LogP) is 2.63. The maximum atomic E-state index is 12.1. The van der Waals surface area contributed by atoms with Crippen molar-refractivity contribution < 1.29 is 4.79 Å². The number of aryl methyl sites for hydroxylation is 4. The molecular formula is C17H19N5O. The first-order valence-electron chi connectivity index (χ1n) is 7.26. The average molecular weight is 309 g/mol. The number of carbonyl (C=O) groups is 1. The second-order valence-electron chi connectivity index (χ2n) is 5.51. The van der Waals surface area contributed by atoms with E-state index < -0.39 is 0 Å². The van der Waals surface area contributed by atoms with Gasteiger partial charge in [0.25, 0.3) is 0 Å². The van der Waals surface area contributed by atoms with Crippen molar-refractivity contribution in [3.05, 3.63) is 46.3 Å². The molecule has 1 aromatic carbocycles. The smallest absolute Gasteiger partial charge is 0.243 e. The van der Waals surface area contributed by atoms with Crippen molar-refractivity contribution in [2.45, 2.75) is 27.7 Å². The molecule has 118 valence electrons. The largest absolute Gasteiger partial charge is 0.345 e. The number of anilines is 2. The third-order valence-electron chi connectivity index (χ3n) is 3.32. The summed E-state index contributed by atoms with van der Waals surface area (Å²) in [4.78, 5) is 20.3. The molecule has 2 N–H and O–H groups in total. The maximum Gasteiger partial charge on any atom is 0.243 e. The Bertz CT molecular complexity index is 769. The zero-order valence-electron chi connectivity index (χ0n) is 13.7. The summed E-state index contributed by atoms with van der Waals surface area (Å²) in [7, 11) is 0. The Morgan fingerprint density at radius 3 is 2.39 bits per heavy atom. The quantitative estimate of drug-likeness (QED) is 0.906. The zero-order chi connectivity index (χ0) is 17.0. The summed E-state index contributed by atoms with van der Waals surface area (Å²) in [5, 5.41) is 14.6. The summed E-state index contributed by atoms with van der Waals surface area (Å²) >= 11 is 0. The van der Waals surface area contributed by atoms with Crippen LogP contribution in [0.3, 0.4) is 0 Å².